The molecule has 0 radical (unpaired) electrons. The molecule has 1 aromatic heterocycles. The monoisotopic (exact) mass is 458 g/mol. The summed E-state index contributed by atoms with van der Waals surface area (Å²) in [6, 6.07) is 1.74. The number of halogens is 6. The summed E-state index contributed by atoms with van der Waals surface area (Å²) < 4.78 is 80.4. The zero-order valence-corrected chi connectivity index (χ0v) is 17.5. The molecule has 2 aromatic rings. The third kappa shape index (κ3) is 4.55. The van der Waals surface area contributed by atoms with E-state index in [2.05, 4.69) is 9.97 Å². The molecule has 2 aliphatic rings. The number of aryl methyl sites for hydroxylation is 1. The second kappa shape index (κ2) is 8.20. The largest absolute Gasteiger partial charge is 0.418 e. The van der Waals surface area contributed by atoms with Gasteiger partial charge < -0.3 is 10.6 Å². The van der Waals surface area contributed by atoms with Crippen LogP contribution >= 0.6 is 0 Å². The lowest BCUT2D eigenvalue weighted by Crippen LogP contribution is -2.21. The number of anilines is 2. The van der Waals surface area contributed by atoms with Gasteiger partial charge in [-0.3, -0.25) is 0 Å². The molecule has 10 heteroatoms. The summed E-state index contributed by atoms with van der Waals surface area (Å²) >= 11 is 0. The van der Waals surface area contributed by atoms with Gasteiger partial charge in [0.2, 0.25) is 0 Å². The number of hydrogen-bond acceptors (Lipinski definition) is 4. The molecule has 32 heavy (non-hydrogen) atoms. The predicted octanol–water partition coefficient (Wildman–Crippen LogP) is 5.75. The van der Waals surface area contributed by atoms with Gasteiger partial charge in [-0.15, -0.1) is 0 Å². The molecule has 1 aliphatic heterocycles. The Morgan fingerprint density at radius 1 is 1.09 bits per heavy atom. The predicted molar refractivity (Wildman–Crippen MR) is 108 cm³/mol. The Bertz CT molecular complexity index is 997. The van der Waals surface area contributed by atoms with E-state index in [0.29, 0.717) is 43.0 Å². The Balaban J connectivity index is 1.79. The molecule has 174 valence electrons. The summed E-state index contributed by atoms with van der Waals surface area (Å²) in [5.41, 5.74) is 4.40. The number of hydrogen-bond donors (Lipinski definition) is 1. The Labute approximate surface area is 181 Å². The van der Waals surface area contributed by atoms with Crippen molar-refractivity contribution in [2.24, 2.45) is 11.7 Å². The van der Waals surface area contributed by atoms with Crippen LogP contribution in [0.1, 0.15) is 59.8 Å². The molecule has 4 rings (SSSR count). The average Bonchev–Trinajstić information content (AvgIpc) is 3.42. The molecule has 2 N–H and O–H groups in total. The number of rotatable bonds is 6. The van der Waals surface area contributed by atoms with Crippen molar-refractivity contribution in [3.05, 3.63) is 46.4 Å². The van der Waals surface area contributed by atoms with Crippen LogP contribution in [0.5, 0.6) is 0 Å². The van der Waals surface area contributed by atoms with Crippen molar-refractivity contribution in [3.63, 3.8) is 0 Å². The highest BCUT2D eigenvalue weighted by Gasteiger charge is 2.41. The average molecular weight is 458 g/mol. The van der Waals surface area contributed by atoms with Gasteiger partial charge in [-0.05, 0) is 56.8 Å². The van der Waals surface area contributed by atoms with E-state index in [4.69, 9.17) is 5.73 Å². The molecule has 1 aromatic carbocycles. The van der Waals surface area contributed by atoms with E-state index >= 15 is 0 Å². The molecule has 2 heterocycles. The normalized spacial score (nSPS) is 17.6. The Morgan fingerprint density at radius 3 is 2.41 bits per heavy atom. The van der Waals surface area contributed by atoms with Gasteiger partial charge in [0.05, 0.1) is 22.5 Å². The van der Waals surface area contributed by atoms with E-state index < -0.39 is 23.5 Å². The molecule has 1 fully saturated rings. The van der Waals surface area contributed by atoms with Crippen LogP contribution < -0.4 is 10.6 Å². The Morgan fingerprint density at radius 2 is 1.81 bits per heavy atom. The van der Waals surface area contributed by atoms with E-state index in [1.807, 2.05) is 0 Å². The number of benzene rings is 1. The van der Waals surface area contributed by atoms with Crippen molar-refractivity contribution < 1.29 is 26.3 Å². The first kappa shape index (κ1) is 22.8. The van der Waals surface area contributed by atoms with Gasteiger partial charge in [-0.1, -0.05) is 12.8 Å². The van der Waals surface area contributed by atoms with Crippen LogP contribution in [0.2, 0.25) is 0 Å². The maximum Gasteiger partial charge on any atom is 0.418 e. The van der Waals surface area contributed by atoms with Crippen molar-refractivity contribution in [1.82, 2.24) is 9.97 Å². The lowest BCUT2D eigenvalue weighted by molar-refractivity contribution is -0.142. The van der Waals surface area contributed by atoms with Gasteiger partial charge in [-0.2, -0.15) is 26.3 Å². The third-order valence-corrected chi connectivity index (χ3v) is 6.11. The van der Waals surface area contributed by atoms with Crippen LogP contribution in [0.3, 0.4) is 0 Å². The van der Waals surface area contributed by atoms with Crippen LogP contribution in [0, 0.1) is 12.8 Å². The van der Waals surface area contributed by atoms with Crippen molar-refractivity contribution >= 4 is 11.5 Å². The molecular weight excluding hydrogens is 434 g/mol. The molecule has 1 atom stereocenters. The standard InChI is InChI=1S/C22H24F6N4/c1-12-30-19(14(6-8-29)10-13-2-3-13)16-7-9-32(20(16)31-12)18-5-4-15(21(23,24)25)11-17(18)22(26,27)28/h4-5,11,13-14H,2-3,6-10,29H2,1H3. The quantitative estimate of drug-likeness (QED) is 0.560. The van der Waals surface area contributed by atoms with Crippen LogP contribution in [-0.4, -0.2) is 23.1 Å². The zero-order chi connectivity index (χ0) is 23.3. The van der Waals surface area contributed by atoms with Gasteiger partial charge in [0.1, 0.15) is 11.6 Å². The summed E-state index contributed by atoms with van der Waals surface area (Å²) in [5.74, 6) is 1.47. The molecular formula is C22H24F6N4. The van der Waals surface area contributed by atoms with Gasteiger partial charge in [-0.25, -0.2) is 9.97 Å². The van der Waals surface area contributed by atoms with Gasteiger partial charge in [0, 0.05) is 18.0 Å². The summed E-state index contributed by atoms with van der Waals surface area (Å²) in [5, 5.41) is 0. The second-order valence-corrected chi connectivity index (χ2v) is 8.54. The molecule has 1 saturated carbocycles. The van der Waals surface area contributed by atoms with Crippen LogP contribution in [0.4, 0.5) is 37.8 Å². The van der Waals surface area contributed by atoms with Crippen LogP contribution in [0.25, 0.3) is 0 Å². The van der Waals surface area contributed by atoms with Gasteiger partial charge >= 0.3 is 12.4 Å². The molecule has 0 bridgehead atoms. The lowest BCUT2D eigenvalue weighted by Gasteiger charge is -2.25. The Hall–Kier alpha value is -2.36. The number of nitrogens with two attached hydrogens (primary N) is 1. The number of nitrogens with zero attached hydrogens (tertiary/aromatic N) is 3. The maximum atomic E-state index is 13.7. The van der Waals surface area contributed by atoms with Crippen LogP contribution in [0.15, 0.2) is 18.2 Å². The molecule has 0 saturated heterocycles. The van der Waals surface area contributed by atoms with Gasteiger partial charge in [0.15, 0.2) is 0 Å². The SMILES string of the molecule is Cc1nc(C(CCN)CC2CC2)c2c(n1)N(c1ccc(C(F)(F)F)cc1C(F)(F)F)CC2. The first-order valence-electron chi connectivity index (χ1n) is 10.6. The molecule has 1 aliphatic carbocycles. The van der Waals surface area contributed by atoms with Crippen molar-refractivity contribution in [2.75, 3.05) is 18.0 Å². The van der Waals surface area contributed by atoms with Crippen LogP contribution in [-0.2, 0) is 18.8 Å². The third-order valence-electron chi connectivity index (χ3n) is 6.11. The van der Waals surface area contributed by atoms with E-state index in [0.717, 1.165) is 36.6 Å². The first-order chi connectivity index (χ1) is 15.0. The zero-order valence-electron chi connectivity index (χ0n) is 17.5. The van der Waals surface area contributed by atoms with E-state index in [1.54, 1.807) is 6.92 Å². The van der Waals surface area contributed by atoms with Crippen molar-refractivity contribution in [1.29, 1.82) is 0 Å². The molecule has 1 unspecified atom stereocenters. The number of alkyl halides is 6. The highest BCUT2D eigenvalue weighted by molar-refractivity contribution is 5.71. The number of fused-ring (bicyclic) bond motifs is 1. The van der Waals surface area contributed by atoms with Gasteiger partial charge in [0.25, 0.3) is 0 Å². The van der Waals surface area contributed by atoms with E-state index in [9.17, 15) is 26.3 Å². The minimum absolute atomic E-state index is 0.0950. The summed E-state index contributed by atoms with van der Waals surface area (Å²) in [4.78, 5) is 10.4. The summed E-state index contributed by atoms with van der Waals surface area (Å²) in [7, 11) is 0. The number of aromatic nitrogens is 2. The molecule has 0 spiro atoms. The molecule has 4 nitrogen and oxygen atoms in total. The minimum atomic E-state index is -4.95. The highest BCUT2D eigenvalue weighted by atomic mass is 19.4. The van der Waals surface area contributed by atoms with Crippen molar-refractivity contribution in [3.8, 4) is 0 Å². The van der Waals surface area contributed by atoms with Crippen molar-refractivity contribution in [2.45, 2.75) is 57.3 Å². The minimum Gasteiger partial charge on any atom is -0.330 e. The first-order valence-corrected chi connectivity index (χ1v) is 10.6. The van der Waals surface area contributed by atoms with E-state index in [-0.39, 0.29) is 24.2 Å². The summed E-state index contributed by atoms with van der Waals surface area (Å²) in [6.07, 6.45) is -5.44. The highest BCUT2D eigenvalue weighted by Crippen LogP contribution is 2.46. The fourth-order valence-corrected chi connectivity index (χ4v) is 4.47. The topological polar surface area (TPSA) is 55.0 Å². The smallest absolute Gasteiger partial charge is 0.330 e. The van der Waals surface area contributed by atoms with E-state index in [1.165, 1.54) is 4.90 Å². The summed E-state index contributed by atoms with van der Waals surface area (Å²) in [6.45, 7) is 2.33. The molecule has 0 amide bonds. The lowest BCUT2D eigenvalue weighted by atomic mass is 9.91. The Kier molecular flexibility index (Phi) is 5.85. The maximum absolute atomic E-state index is 13.7. The fraction of sp³-hybridized carbons (Fsp3) is 0.545. The second-order valence-electron chi connectivity index (χ2n) is 8.54. The fourth-order valence-electron chi connectivity index (χ4n) is 4.47.